The average Bonchev–Trinajstić information content (AvgIpc) is 2.96. The zero-order chi connectivity index (χ0) is 30.9. The first-order valence-electron chi connectivity index (χ1n) is 13.6. The molecule has 2 aromatic heterocycles. The number of benzene rings is 3. The van der Waals surface area contributed by atoms with Crippen LogP contribution in [-0.4, -0.2) is 25.3 Å². The Bertz CT molecular complexity index is 1870. The largest absolute Gasteiger partial charge is 0.419 e. The molecule has 0 saturated heterocycles. The number of rotatable bonds is 7. The van der Waals surface area contributed by atoms with Crippen molar-refractivity contribution in [3.63, 3.8) is 0 Å². The minimum absolute atomic E-state index is 0.000637. The summed E-state index contributed by atoms with van der Waals surface area (Å²) in [5, 5.41) is 0.394. The fourth-order valence-electron chi connectivity index (χ4n) is 5.03. The zero-order valence-electron chi connectivity index (χ0n) is 23.7. The Morgan fingerprint density at radius 3 is 2.35 bits per heavy atom. The van der Waals surface area contributed by atoms with E-state index in [1.54, 1.807) is 55.7 Å². The van der Waals surface area contributed by atoms with Crippen molar-refractivity contribution in [1.82, 2.24) is 19.4 Å². The van der Waals surface area contributed by atoms with E-state index in [1.165, 1.54) is 9.47 Å². The van der Waals surface area contributed by atoms with Gasteiger partial charge in [-0.25, -0.2) is 9.37 Å². The number of hydrogen-bond acceptors (Lipinski definition) is 4. The number of nitrogens with zero attached hydrogens (tertiary/aromatic N) is 4. The number of halogens is 4. The molecule has 0 aliphatic heterocycles. The Balaban J connectivity index is 1.63. The smallest absolute Gasteiger partial charge is 0.328 e. The van der Waals surface area contributed by atoms with Gasteiger partial charge in [0.25, 0.3) is 5.56 Å². The number of carbonyl (C=O) groups excluding carboxylic acids is 1. The molecule has 0 aliphatic rings. The van der Waals surface area contributed by atoms with Crippen LogP contribution in [0.25, 0.3) is 16.6 Å². The van der Waals surface area contributed by atoms with Crippen molar-refractivity contribution in [2.45, 2.75) is 46.0 Å². The Hall–Kier alpha value is -4.86. The van der Waals surface area contributed by atoms with Crippen molar-refractivity contribution in [1.29, 1.82) is 0 Å². The second kappa shape index (κ2) is 11.8. The minimum Gasteiger partial charge on any atom is -0.328 e. The highest BCUT2D eigenvalue weighted by Crippen LogP contribution is 2.32. The lowest BCUT2D eigenvalue weighted by atomic mass is 10.0. The summed E-state index contributed by atoms with van der Waals surface area (Å²) in [5.41, 5.74) is 1.75. The molecule has 0 fully saturated rings. The number of fused-ring (bicyclic) bond motifs is 1. The summed E-state index contributed by atoms with van der Waals surface area (Å²) >= 11 is 0. The molecular formula is C33H28F4N4O2. The van der Waals surface area contributed by atoms with Crippen molar-refractivity contribution in [3.8, 4) is 5.69 Å². The van der Waals surface area contributed by atoms with Gasteiger partial charge in [0, 0.05) is 18.9 Å². The van der Waals surface area contributed by atoms with Gasteiger partial charge in [-0.2, -0.15) is 13.2 Å². The molecule has 0 spiro atoms. The van der Waals surface area contributed by atoms with Crippen LogP contribution in [0.3, 0.4) is 0 Å². The molecule has 5 aromatic rings. The number of aromatic nitrogens is 3. The molecule has 6 nitrogen and oxygen atoms in total. The van der Waals surface area contributed by atoms with Gasteiger partial charge in [0.1, 0.15) is 11.6 Å². The number of alkyl halides is 3. The van der Waals surface area contributed by atoms with Gasteiger partial charge in [-0.15, -0.1) is 0 Å². The van der Waals surface area contributed by atoms with Crippen LogP contribution in [-0.2, 0) is 23.9 Å². The number of carbonyl (C=O) groups is 1. The molecule has 1 amide bonds. The standard InChI is InChI=1S/C33H28F4N4O2/c1-20-8-11-25(12-9-20)41-31(39-29-7-5-4-6-26(29)32(41)43)22(3)40(19-24-14-21(2)17-38-18-24)30(42)16-23-10-13-28(34)27(15-23)33(35,36)37/h4-15,17-18,22H,16,19H2,1-3H3/t22-/m1/s1. The highest BCUT2D eigenvalue weighted by atomic mass is 19.4. The topological polar surface area (TPSA) is 68.1 Å². The molecule has 10 heteroatoms. The molecular weight excluding hydrogens is 560 g/mol. The second-order valence-corrected chi connectivity index (χ2v) is 10.5. The molecule has 0 unspecified atom stereocenters. The lowest BCUT2D eigenvalue weighted by Crippen LogP contribution is -2.38. The van der Waals surface area contributed by atoms with Crippen LogP contribution in [0.4, 0.5) is 17.6 Å². The first-order valence-corrected chi connectivity index (χ1v) is 13.6. The number of hydrogen-bond donors (Lipinski definition) is 0. The first-order chi connectivity index (χ1) is 20.4. The van der Waals surface area contributed by atoms with Crippen molar-refractivity contribution in [3.05, 3.63) is 135 Å². The van der Waals surface area contributed by atoms with E-state index in [9.17, 15) is 27.2 Å². The quantitative estimate of drug-likeness (QED) is 0.194. The molecule has 0 saturated carbocycles. The maximum atomic E-state index is 14.0. The van der Waals surface area contributed by atoms with Crippen LogP contribution in [0, 0.1) is 19.7 Å². The molecule has 2 heterocycles. The van der Waals surface area contributed by atoms with Gasteiger partial charge in [0.15, 0.2) is 0 Å². The highest BCUT2D eigenvalue weighted by molar-refractivity contribution is 5.80. The summed E-state index contributed by atoms with van der Waals surface area (Å²) in [6.45, 7) is 5.53. The number of pyridine rings is 1. The fraction of sp³-hybridized carbons (Fsp3) is 0.212. The van der Waals surface area contributed by atoms with Gasteiger partial charge in [-0.1, -0.05) is 42.0 Å². The molecule has 0 aliphatic carbocycles. The maximum absolute atomic E-state index is 14.0. The maximum Gasteiger partial charge on any atom is 0.419 e. The molecule has 3 aromatic carbocycles. The fourth-order valence-corrected chi connectivity index (χ4v) is 5.03. The van der Waals surface area contributed by atoms with Crippen LogP contribution in [0.5, 0.6) is 0 Å². The molecule has 0 N–H and O–H groups in total. The summed E-state index contributed by atoms with van der Waals surface area (Å²) in [6, 6.07) is 17.8. The Morgan fingerprint density at radius 1 is 0.930 bits per heavy atom. The normalized spacial score (nSPS) is 12.3. The lowest BCUT2D eigenvalue weighted by Gasteiger charge is -2.31. The van der Waals surface area contributed by atoms with E-state index in [0.717, 1.165) is 17.2 Å². The van der Waals surface area contributed by atoms with E-state index in [-0.39, 0.29) is 23.5 Å². The molecule has 220 valence electrons. The monoisotopic (exact) mass is 588 g/mol. The van der Waals surface area contributed by atoms with E-state index in [4.69, 9.17) is 4.98 Å². The van der Waals surface area contributed by atoms with E-state index < -0.39 is 35.9 Å². The summed E-state index contributed by atoms with van der Waals surface area (Å²) in [6.07, 6.45) is -2.09. The van der Waals surface area contributed by atoms with E-state index in [1.807, 2.05) is 32.0 Å². The van der Waals surface area contributed by atoms with Crippen molar-refractivity contribution >= 4 is 16.8 Å². The van der Waals surface area contributed by atoms with Gasteiger partial charge < -0.3 is 4.90 Å². The average molecular weight is 589 g/mol. The Morgan fingerprint density at radius 2 is 1.65 bits per heavy atom. The highest BCUT2D eigenvalue weighted by Gasteiger charge is 2.35. The summed E-state index contributed by atoms with van der Waals surface area (Å²) in [4.78, 5) is 38.3. The second-order valence-electron chi connectivity index (χ2n) is 10.5. The zero-order valence-corrected chi connectivity index (χ0v) is 23.7. The van der Waals surface area contributed by atoms with E-state index >= 15 is 0 Å². The van der Waals surface area contributed by atoms with Crippen molar-refractivity contribution < 1.29 is 22.4 Å². The van der Waals surface area contributed by atoms with E-state index in [0.29, 0.717) is 34.3 Å². The van der Waals surface area contributed by atoms with Crippen molar-refractivity contribution in [2.24, 2.45) is 0 Å². The number of para-hydroxylation sites is 1. The number of amides is 1. The predicted octanol–water partition coefficient (Wildman–Crippen LogP) is 6.89. The lowest BCUT2D eigenvalue weighted by molar-refractivity contribution is -0.140. The van der Waals surface area contributed by atoms with Crippen LogP contribution in [0.1, 0.15) is 46.6 Å². The van der Waals surface area contributed by atoms with E-state index in [2.05, 4.69) is 4.98 Å². The van der Waals surface area contributed by atoms with Crippen LogP contribution >= 0.6 is 0 Å². The van der Waals surface area contributed by atoms with Gasteiger partial charge >= 0.3 is 6.18 Å². The Labute approximate surface area is 245 Å². The van der Waals surface area contributed by atoms with Crippen molar-refractivity contribution in [2.75, 3.05) is 0 Å². The summed E-state index contributed by atoms with van der Waals surface area (Å²) in [5.74, 6) is -1.68. The van der Waals surface area contributed by atoms with Gasteiger partial charge in [0.2, 0.25) is 5.91 Å². The van der Waals surface area contributed by atoms with Crippen LogP contribution in [0.2, 0.25) is 0 Å². The third kappa shape index (κ3) is 6.33. The molecule has 1 atom stereocenters. The van der Waals surface area contributed by atoms with Gasteiger partial charge in [-0.05, 0) is 73.9 Å². The molecule has 43 heavy (non-hydrogen) atoms. The number of aryl methyl sites for hydroxylation is 2. The summed E-state index contributed by atoms with van der Waals surface area (Å²) < 4.78 is 55.7. The summed E-state index contributed by atoms with van der Waals surface area (Å²) in [7, 11) is 0. The molecule has 5 rings (SSSR count). The Kier molecular flexibility index (Phi) is 8.12. The van der Waals surface area contributed by atoms with Gasteiger partial charge in [0.05, 0.1) is 34.6 Å². The SMILES string of the molecule is Cc1ccc(-n2c([C@@H](C)N(Cc3cncc(C)c3)C(=O)Cc3ccc(F)c(C(F)(F)F)c3)nc3ccccc3c2=O)cc1. The predicted molar refractivity (Wildman–Crippen MR) is 155 cm³/mol. The third-order valence-corrected chi connectivity index (χ3v) is 7.23. The molecule has 0 bridgehead atoms. The van der Waals surface area contributed by atoms with Crippen LogP contribution in [0.15, 0.2) is 90.0 Å². The first kappa shape index (κ1) is 29.6. The molecule has 0 radical (unpaired) electrons. The third-order valence-electron chi connectivity index (χ3n) is 7.23. The minimum atomic E-state index is -4.91. The van der Waals surface area contributed by atoms with Crippen LogP contribution < -0.4 is 5.56 Å². The van der Waals surface area contributed by atoms with Gasteiger partial charge in [-0.3, -0.25) is 19.1 Å².